The van der Waals surface area contributed by atoms with Gasteiger partial charge in [-0.3, -0.25) is 4.79 Å². The lowest BCUT2D eigenvalue weighted by molar-refractivity contribution is -0.137. The van der Waals surface area contributed by atoms with Crippen molar-refractivity contribution in [2.45, 2.75) is 32.2 Å². The zero-order valence-corrected chi connectivity index (χ0v) is 10.7. The quantitative estimate of drug-likeness (QED) is 0.581. The van der Waals surface area contributed by atoms with Gasteiger partial charge in [0.25, 0.3) is 0 Å². The summed E-state index contributed by atoms with van der Waals surface area (Å²) in [6.45, 7) is 2.39. The fourth-order valence-electron chi connectivity index (χ4n) is 1.59. The third kappa shape index (κ3) is 5.99. The fraction of sp³-hybridized carbons (Fsp3) is 0.900. The van der Waals surface area contributed by atoms with E-state index in [4.69, 9.17) is 9.84 Å². The first-order chi connectivity index (χ1) is 7.94. The molecule has 0 bridgehead atoms. The lowest BCUT2D eigenvalue weighted by atomic mass is 10.1. The normalized spacial score (nSPS) is 17.9. The van der Waals surface area contributed by atoms with E-state index in [0.29, 0.717) is 6.61 Å². The molecule has 0 amide bonds. The average molecular weight is 265 g/mol. The molecule has 1 aliphatic carbocycles. The van der Waals surface area contributed by atoms with Crippen molar-refractivity contribution in [3.63, 3.8) is 0 Å². The molecule has 17 heavy (non-hydrogen) atoms. The molecule has 0 saturated heterocycles. The maximum atomic E-state index is 11.6. The summed E-state index contributed by atoms with van der Waals surface area (Å²) < 4.78 is 30.7. The number of nitrogens with one attached hydrogen (secondary N) is 1. The highest BCUT2D eigenvalue weighted by Gasteiger charge is 2.35. The second-order valence-corrected chi connectivity index (χ2v) is 6.05. The third-order valence-corrected chi connectivity index (χ3v) is 3.98. The highest BCUT2D eigenvalue weighted by Crippen LogP contribution is 2.34. The van der Waals surface area contributed by atoms with Crippen molar-refractivity contribution < 1.29 is 23.1 Å². The van der Waals surface area contributed by atoms with Gasteiger partial charge in [0.15, 0.2) is 0 Å². The van der Waals surface area contributed by atoms with Gasteiger partial charge >= 0.3 is 5.97 Å². The van der Waals surface area contributed by atoms with Crippen molar-refractivity contribution in [3.8, 4) is 0 Å². The van der Waals surface area contributed by atoms with Crippen LogP contribution in [-0.4, -0.2) is 44.5 Å². The van der Waals surface area contributed by atoms with Gasteiger partial charge in [0.2, 0.25) is 10.0 Å². The summed E-state index contributed by atoms with van der Waals surface area (Å²) in [6, 6.07) is -0.473. The van der Waals surface area contributed by atoms with Crippen LogP contribution in [0.15, 0.2) is 0 Å². The number of rotatable bonds is 9. The molecule has 0 aromatic rings. The van der Waals surface area contributed by atoms with Gasteiger partial charge in [0, 0.05) is 12.6 Å². The molecule has 1 atom stereocenters. The Morgan fingerprint density at radius 1 is 1.53 bits per heavy atom. The largest absolute Gasteiger partial charge is 0.481 e. The Bertz CT molecular complexity index is 350. The summed E-state index contributed by atoms with van der Waals surface area (Å²) in [5.74, 6) is -0.925. The molecule has 0 heterocycles. The second kappa shape index (κ2) is 6.32. The molecule has 100 valence electrons. The van der Waals surface area contributed by atoms with Crippen molar-refractivity contribution in [2.24, 2.45) is 5.92 Å². The summed E-state index contributed by atoms with van der Waals surface area (Å²) in [4.78, 5) is 10.6. The van der Waals surface area contributed by atoms with Crippen LogP contribution in [0.1, 0.15) is 26.2 Å². The van der Waals surface area contributed by atoms with Gasteiger partial charge in [-0.05, 0) is 25.7 Å². The van der Waals surface area contributed by atoms with Crippen LogP contribution in [0.25, 0.3) is 0 Å². The molecule has 7 heteroatoms. The maximum absolute atomic E-state index is 11.6. The van der Waals surface area contributed by atoms with Gasteiger partial charge in [-0.2, -0.15) is 0 Å². The Balaban J connectivity index is 2.44. The highest BCUT2D eigenvalue weighted by atomic mass is 32.2. The lowest BCUT2D eigenvalue weighted by Crippen LogP contribution is -2.40. The van der Waals surface area contributed by atoms with Gasteiger partial charge in [-0.25, -0.2) is 13.1 Å². The van der Waals surface area contributed by atoms with Gasteiger partial charge in [0.1, 0.15) is 0 Å². The van der Waals surface area contributed by atoms with Crippen molar-refractivity contribution in [1.82, 2.24) is 4.72 Å². The van der Waals surface area contributed by atoms with E-state index in [1.54, 1.807) is 6.92 Å². The fourth-order valence-corrected chi connectivity index (χ4v) is 2.79. The van der Waals surface area contributed by atoms with Crippen molar-refractivity contribution in [1.29, 1.82) is 0 Å². The number of aliphatic carboxylic acids is 1. The van der Waals surface area contributed by atoms with Crippen molar-refractivity contribution >= 4 is 16.0 Å². The number of carboxylic acid groups (broad SMARTS) is 1. The van der Waals surface area contributed by atoms with Crippen LogP contribution in [-0.2, 0) is 19.6 Å². The monoisotopic (exact) mass is 265 g/mol. The van der Waals surface area contributed by atoms with E-state index in [0.717, 1.165) is 12.8 Å². The van der Waals surface area contributed by atoms with Crippen LogP contribution >= 0.6 is 0 Å². The zero-order chi connectivity index (χ0) is 12.9. The van der Waals surface area contributed by atoms with Crippen LogP contribution in [0.2, 0.25) is 0 Å². The highest BCUT2D eigenvalue weighted by molar-refractivity contribution is 7.89. The molecule has 0 aliphatic heterocycles. The first kappa shape index (κ1) is 14.4. The van der Waals surface area contributed by atoms with Gasteiger partial charge in [-0.15, -0.1) is 0 Å². The Labute approximate surface area is 101 Å². The molecule has 0 aromatic heterocycles. The van der Waals surface area contributed by atoms with Crippen LogP contribution in [0.4, 0.5) is 0 Å². The third-order valence-electron chi connectivity index (χ3n) is 2.62. The molecular formula is C10H19NO5S. The predicted octanol–water partition coefficient (Wildman–Crippen LogP) is 0.196. The van der Waals surface area contributed by atoms with Gasteiger partial charge in [-0.1, -0.05) is 0 Å². The number of ether oxygens (including phenoxy) is 1. The number of carbonyl (C=O) groups is 1. The van der Waals surface area contributed by atoms with E-state index >= 15 is 0 Å². The molecule has 6 nitrogen and oxygen atoms in total. The van der Waals surface area contributed by atoms with Gasteiger partial charge in [0.05, 0.1) is 18.8 Å². The lowest BCUT2D eigenvalue weighted by Gasteiger charge is -2.16. The Kier molecular flexibility index (Phi) is 5.35. The van der Waals surface area contributed by atoms with E-state index in [9.17, 15) is 13.2 Å². The van der Waals surface area contributed by atoms with E-state index < -0.39 is 22.0 Å². The van der Waals surface area contributed by atoms with Crippen LogP contribution < -0.4 is 4.72 Å². The van der Waals surface area contributed by atoms with E-state index in [-0.39, 0.29) is 24.7 Å². The molecule has 0 aromatic carbocycles. The number of carboxylic acids is 1. The van der Waals surface area contributed by atoms with E-state index in [1.807, 2.05) is 0 Å². The summed E-state index contributed by atoms with van der Waals surface area (Å²) in [5, 5.41) is 8.71. The standard InChI is InChI=1S/C10H19NO5S/c1-2-16-5-6-17(14,15)11-9(7-10(12)13)8-3-4-8/h8-9,11H,2-7H2,1H3,(H,12,13). The summed E-state index contributed by atoms with van der Waals surface area (Å²) in [6.07, 6.45) is 1.64. The molecule has 2 N–H and O–H groups in total. The molecule has 0 spiro atoms. The minimum Gasteiger partial charge on any atom is -0.481 e. The molecule has 0 radical (unpaired) electrons. The Morgan fingerprint density at radius 2 is 2.18 bits per heavy atom. The SMILES string of the molecule is CCOCCS(=O)(=O)NC(CC(=O)O)C1CC1. The Hall–Kier alpha value is -0.660. The Morgan fingerprint density at radius 3 is 2.65 bits per heavy atom. The minimum absolute atomic E-state index is 0.121. The van der Waals surface area contributed by atoms with E-state index in [1.165, 1.54) is 0 Å². The van der Waals surface area contributed by atoms with Crippen LogP contribution in [0.3, 0.4) is 0 Å². The summed E-state index contributed by atoms with van der Waals surface area (Å²) in [7, 11) is -3.44. The van der Waals surface area contributed by atoms with Crippen LogP contribution in [0, 0.1) is 5.92 Å². The van der Waals surface area contributed by atoms with Crippen LogP contribution in [0.5, 0.6) is 0 Å². The molecule has 1 aliphatic rings. The average Bonchev–Trinajstić information content (AvgIpc) is 2.98. The zero-order valence-electron chi connectivity index (χ0n) is 9.89. The summed E-state index contributed by atoms with van der Waals surface area (Å²) in [5.41, 5.74) is 0. The molecular weight excluding hydrogens is 246 g/mol. The molecule has 1 saturated carbocycles. The minimum atomic E-state index is -3.44. The first-order valence-corrected chi connectivity index (χ1v) is 7.39. The number of sulfonamides is 1. The topological polar surface area (TPSA) is 92.7 Å². The molecule has 1 rings (SSSR count). The predicted molar refractivity (Wildman–Crippen MR) is 62.2 cm³/mol. The van der Waals surface area contributed by atoms with Crippen molar-refractivity contribution in [2.75, 3.05) is 19.0 Å². The van der Waals surface area contributed by atoms with Crippen molar-refractivity contribution in [3.05, 3.63) is 0 Å². The number of hydrogen-bond acceptors (Lipinski definition) is 4. The van der Waals surface area contributed by atoms with Gasteiger partial charge < -0.3 is 9.84 Å². The molecule has 1 unspecified atom stereocenters. The van der Waals surface area contributed by atoms with E-state index in [2.05, 4.69) is 4.72 Å². The maximum Gasteiger partial charge on any atom is 0.304 e. The number of hydrogen-bond donors (Lipinski definition) is 2. The summed E-state index contributed by atoms with van der Waals surface area (Å²) >= 11 is 0. The molecule has 1 fully saturated rings. The second-order valence-electron chi connectivity index (χ2n) is 4.18. The first-order valence-electron chi connectivity index (χ1n) is 5.74. The smallest absolute Gasteiger partial charge is 0.304 e.